The van der Waals surface area contributed by atoms with Crippen LogP contribution >= 0.6 is 0 Å². The molecule has 0 N–H and O–H groups in total. The van der Waals surface area contributed by atoms with Crippen molar-refractivity contribution in [3.63, 3.8) is 0 Å². The highest BCUT2D eigenvalue weighted by Crippen LogP contribution is 2.31. The minimum Gasteiger partial charge on any atom is -0.378 e. The summed E-state index contributed by atoms with van der Waals surface area (Å²) in [5.41, 5.74) is 2.88. The van der Waals surface area contributed by atoms with E-state index in [-0.39, 0.29) is 6.10 Å². The van der Waals surface area contributed by atoms with Gasteiger partial charge in [-0.05, 0) is 55.3 Å². The standard InChI is InChI=1S/C25H24N8O2/c26-14-18-3-1-9-27-25(18)32-17-28-22-6-5-19(13-23(22)32)33(24-4-2-10-29-30-24)35-21-7-11-31(12-8-21)20-15-34-16-20/h1-6,9-10,13,17,20-21H,7-8,11-12,15-16H2. The largest absolute Gasteiger partial charge is 0.378 e. The molecule has 0 atom stereocenters. The van der Waals surface area contributed by atoms with Gasteiger partial charge in [-0.1, -0.05) is 0 Å². The lowest BCUT2D eigenvalue weighted by Crippen LogP contribution is -2.53. The minimum absolute atomic E-state index is 0.0517. The molecule has 3 aromatic heterocycles. The molecule has 2 saturated heterocycles. The monoisotopic (exact) mass is 468 g/mol. The molecule has 35 heavy (non-hydrogen) atoms. The number of nitriles is 1. The fourth-order valence-corrected chi connectivity index (χ4v) is 4.55. The van der Waals surface area contributed by atoms with Crippen LogP contribution in [0, 0.1) is 11.3 Å². The molecular weight excluding hydrogens is 444 g/mol. The zero-order valence-corrected chi connectivity index (χ0v) is 19.1. The predicted molar refractivity (Wildman–Crippen MR) is 128 cm³/mol. The lowest BCUT2D eigenvalue weighted by atomic mass is 10.0. The second-order valence-corrected chi connectivity index (χ2v) is 8.68. The van der Waals surface area contributed by atoms with Gasteiger partial charge >= 0.3 is 0 Å². The summed E-state index contributed by atoms with van der Waals surface area (Å²) in [5.74, 6) is 1.14. The number of hydrogen-bond donors (Lipinski definition) is 0. The zero-order valence-electron chi connectivity index (χ0n) is 19.1. The number of anilines is 2. The molecule has 0 aliphatic carbocycles. The molecule has 5 heterocycles. The van der Waals surface area contributed by atoms with Crippen molar-refractivity contribution in [1.29, 1.82) is 5.26 Å². The highest BCUT2D eigenvalue weighted by molar-refractivity contribution is 5.82. The molecular formula is C25H24N8O2. The van der Waals surface area contributed by atoms with Gasteiger partial charge in [0, 0.05) is 25.5 Å². The third-order valence-corrected chi connectivity index (χ3v) is 6.53. The van der Waals surface area contributed by atoms with Crippen LogP contribution in [0.1, 0.15) is 18.4 Å². The summed E-state index contributed by atoms with van der Waals surface area (Å²) in [7, 11) is 0. The van der Waals surface area contributed by atoms with Gasteiger partial charge in [0.25, 0.3) is 0 Å². The van der Waals surface area contributed by atoms with E-state index in [1.54, 1.807) is 35.9 Å². The van der Waals surface area contributed by atoms with E-state index in [2.05, 4.69) is 31.1 Å². The molecule has 2 aliphatic rings. The summed E-state index contributed by atoms with van der Waals surface area (Å²) in [6, 6.07) is 15.8. The van der Waals surface area contributed by atoms with Gasteiger partial charge in [-0.3, -0.25) is 14.3 Å². The number of pyridine rings is 1. The Balaban J connectivity index is 1.32. The van der Waals surface area contributed by atoms with Crippen LogP contribution in [0.5, 0.6) is 0 Å². The number of fused-ring (bicyclic) bond motifs is 1. The molecule has 10 heteroatoms. The molecule has 2 aliphatic heterocycles. The van der Waals surface area contributed by atoms with Crippen LogP contribution < -0.4 is 5.06 Å². The summed E-state index contributed by atoms with van der Waals surface area (Å²) in [4.78, 5) is 18.0. The van der Waals surface area contributed by atoms with E-state index in [4.69, 9.17) is 9.57 Å². The molecule has 0 saturated carbocycles. The van der Waals surface area contributed by atoms with E-state index in [0.717, 1.165) is 55.9 Å². The quantitative estimate of drug-likeness (QED) is 0.395. The van der Waals surface area contributed by atoms with Gasteiger partial charge in [-0.15, -0.1) is 5.10 Å². The number of ether oxygens (including phenoxy) is 1. The smallest absolute Gasteiger partial charge is 0.180 e. The summed E-state index contributed by atoms with van der Waals surface area (Å²) in [5, 5.41) is 19.7. The Kier molecular flexibility index (Phi) is 5.79. The average molecular weight is 469 g/mol. The van der Waals surface area contributed by atoms with E-state index in [1.807, 2.05) is 34.9 Å². The lowest BCUT2D eigenvalue weighted by Gasteiger charge is -2.41. The van der Waals surface area contributed by atoms with E-state index < -0.39 is 0 Å². The van der Waals surface area contributed by atoms with Gasteiger partial charge in [0.2, 0.25) is 0 Å². The highest BCUT2D eigenvalue weighted by atomic mass is 16.7. The Morgan fingerprint density at radius 1 is 1.06 bits per heavy atom. The van der Waals surface area contributed by atoms with Crippen LogP contribution in [0.4, 0.5) is 11.5 Å². The maximum absolute atomic E-state index is 9.56. The van der Waals surface area contributed by atoms with Crippen LogP contribution in [0.3, 0.4) is 0 Å². The van der Waals surface area contributed by atoms with Gasteiger partial charge in [-0.25, -0.2) is 15.0 Å². The maximum Gasteiger partial charge on any atom is 0.180 e. The van der Waals surface area contributed by atoms with Gasteiger partial charge in [-0.2, -0.15) is 10.4 Å². The Labute approximate surface area is 202 Å². The van der Waals surface area contributed by atoms with Crippen molar-refractivity contribution in [1.82, 2.24) is 29.6 Å². The molecule has 0 radical (unpaired) electrons. The number of nitrogens with zero attached hydrogens (tertiary/aromatic N) is 8. The highest BCUT2D eigenvalue weighted by Gasteiger charge is 2.31. The molecule has 0 spiro atoms. The minimum atomic E-state index is 0.0517. The van der Waals surface area contributed by atoms with Gasteiger partial charge in [0.15, 0.2) is 11.6 Å². The molecule has 6 rings (SSSR count). The van der Waals surface area contributed by atoms with Crippen molar-refractivity contribution in [2.75, 3.05) is 31.4 Å². The average Bonchev–Trinajstić information content (AvgIpc) is 3.31. The molecule has 2 fully saturated rings. The first-order valence-corrected chi connectivity index (χ1v) is 11.7. The maximum atomic E-state index is 9.56. The first-order valence-electron chi connectivity index (χ1n) is 11.7. The SMILES string of the molecule is N#Cc1cccnc1-n1cnc2ccc(N(OC3CCN(C4COC4)CC3)c3cccnn3)cc21. The molecule has 10 nitrogen and oxygen atoms in total. The Morgan fingerprint density at radius 2 is 1.91 bits per heavy atom. The Morgan fingerprint density at radius 3 is 2.66 bits per heavy atom. The first-order chi connectivity index (χ1) is 17.3. The summed E-state index contributed by atoms with van der Waals surface area (Å²) >= 11 is 0. The van der Waals surface area contributed by atoms with Crippen LogP contribution in [0.2, 0.25) is 0 Å². The molecule has 4 aromatic rings. The van der Waals surface area contributed by atoms with Crippen LogP contribution in [-0.2, 0) is 9.57 Å². The zero-order chi connectivity index (χ0) is 23.6. The van der Waals surface area contributed by atoms with Crippen molar-refractivity contribution in [2.45, 2.75) is 25.0 Å². The van der Waals surface area contributed by atoms with E-state index >= 15 is 0 Å². The lowest BCUT2D eigenvalue weighted by molar-refractivity contribution is -0.0868. The van der Waals surface area contributed by atoms with E-state index in [9.17, 15) is 5.26 Å². The molecule has 1 aromatic carbocycles. The van der Waals surface area contributed by atoms with Crippen molar-refractivity contribution in [2.24, 2.45) is 0 Å². The third-order valence-electron chi connectivity index (χ3n) is 6.53. The Hall–Kier alpha value is -3.91. The predicted octanol–water partition coefficient (Wildman–Crippen LogP) is 3.02. The summed E-state index contributed by atoms with van der Waals surface area (Å²) in [6.07, 6.45) is 6.90. The molecule has 176 valence electrons. The molecule has 0 unspecified atom stereocenters. The van der Waals surface area contributed by atoms with Crippen LogP contribution in [0.25, 0.3) is 16.9 Å². The second-order valence-electron chi connectivity index (χ2n) is 8.68. The van der Waals surface area contributed by atoms with Crippen molar-refractivity contribution in [3.8, 4) is 11.9 Å². The van der Waals surface area contributed by atoms with Gasteiger partial charge in [0.1, 0.15) is 12.4 Å². The number of hydrogen-bond acceptors (Lipinski definition) is 9. The third kappa shape index (κ3) is 4.21. The second kappa shape index (κ2) is 9.38. The first kappa shape index (κ1) is 21.6. The summed E-state index contributed by atoms with van der Waals surface area (Å²) in [6.45, 7) is 3.62. The number of aromatic nitrogens is 5. The van der Waals surface area contributed by atoms with Crippen LogP contribution in [-0.4, -0.2) is 68.1 Å². The molecule has 0 amide bonds. The number of benzene rings is 1. The van der Waals surface area contributed by atoms with E-state index in [1.165, 1.54) is 0 Å². The van der Waals surface area contributed by atoms with Crippen LogP contribution in [0.15, 0.2) is 61.2 Å². The van der Waals surface area contributed by atoms with Gasteiger partial charge in [0.05, 0.1) is 47.6 Å². The van der Waals surface area contributed by atoms with Crippen molar-refractivity contribution < 1.29 is 9.57 Å². The topological polar surface area (TPSA) is 105 Å². The van der Waals surface area contributed by atoms with Crippen molar-refractivity contribution >= 4 is 22.5 Å². The number of rotatable bonds is 6. The van der Waals surface area contributed by atoms with Gasteiger partial charge < -0.3 is 4.74 Å². The van der Waals surface area contributed by atoms with E-state index in [0.29, 0.717) is 23.2 Å². The molecule has 0 bridgehead atoms. The number of imidazole rings is 1. The Bertz CT molecular complexity index is 1360. The summed E-state index contributed by atoms with van der Waals surface area (Å²) < 4.78 is 7.18. The number of likely N-dealkylation sites (tertiary alicyclic amines) is 1. The fraction of sp³-hybridized carbons (Fsp3) is 0.320. The fourth-order valence-electron chi connectivity index (χ4n) is 4.55. The number of piperidine rings is 1. The van der Waals surface area contributed by atoms with Crippen molar-refractivity contribution in [3.05, 3.63) is 66.7 Å². The normalized spacial score (nSPS) is 17.2.